The molecule has 3 heterocycles. The average molecular weight is 496 g/mol. The van der Waals surface area contributed by atoms with Gasteiger partial charge in [0, 0.05) is 22.8 Å². The number of carbonyl (C=O) groups is 2. The fourth-order valence-electron chi connectivity index (χ4n) is 3.45. The topological polar surface area (TPSA) is 80.8 Å². The Bertz CT molecular complexity index is 1270. The summed E-state index contributed by atoms with van der Waals surface area (Å²) < 4.78 is 10.5. The quantitative estimate of drug-likeness (QED) is 0.315. The van der Waals surface area contributed by atoms with E-state index in [1.807, 2.05) is 30.3 Å². The number of amides is 1. The van der Waals surface area contributed by atoms with E-state index in [0.717, 1.165) is 5.69 Å². The molecular formula is C25H25N3O4S2. The van der Waals surface area contributed by atoms with Crippen molar-refractivity contribution in [3.8, 4) is 5.75 Å². The number of esters is 1. The van der Waals surface area contributed by atoms with Crippen molar-refractivity contribution in [3.05, 3.63) is 75.4 Å². The first-order valence-corrected chi connectivity index (χ1v) is 12.4. The van der Waals surface area contributed by atoms with Crippen LogP contribution < -0.4 is 10.1 Å². The van der Waals surface area contributed by atoms with Crippen molar-refractivity contribution in [3.63, 3.8) is 0 Å². The summed E-state index contributed by atoms with van der Waals surface area (Å²) in [5.41, 5.74) is 1.27. The third-order valence-electron chi connectivity index (χ3n) is 5.39. The SMILES string of the molecule is COC(=O)c1sc2nc(CN(C)C(C)c3cccs3)ccc2c1NC(=O)COc1ccccc1. The lowest BCUT2D eigenvalue weighted by Crippen LogP contribution is -2.22. The maximum absolute atomic E-state index is 12.6. The molecule has 0 bridgehead atoms. The predicted molar refractivity (Wildman–Crippen MR) is 136 cm³/mol. The van der Waals surface area contributed by atoms with E-state index in [1.54, 1.807) is 23.5 Å². The van der Waals surface area contributed by atoms with Crippen LogP contribution in [0.3, 0.4) is 0 Å². The Balaban J connectivity index is 1.53. The summed E-state index contributed by atoms with van der Waals surface area (Å²) in [4.78, 5) is 34.2. The summed E-state index contributed by atoms with van der Waals surface area (Å²) in [6, 6.07) is 17.3. The van der Waals surface area contributed by atoms with Crippen LogP contribution in [0.25, 0.3) is 10.2 Å². The van der Waals surface area contributed by atoms with E-state index in [-0.39, 0.29) is 18.6 Å². The van der Waals surface area contributed by atoms with Gasteiger partial charge in [-0.2, -0.15) is 0 Å². The first-order valence-electron chi connectivity index (χ1n) is 10.7. The number of nitrogens with zero attached hydrogens (tertiary/aromatic N) is 2. The molecule has 1 amide bonds. The molecule has 0 radical (unpaired) electrons. The number of thiophene rings is 2. The van der Waals surface area contributed by atoms with Gasteiger partial charge in [-0.25, -0.2) is 9.78 Å². The molecule has 1 atom stereocenters. The number of benzene rings is 1. The fraction of sp³-hybridized carbons (Fsp3) is 0.240. The standard InChI is InChI=1S/C25H25N3O4S2/c1-16(20-10-7-13-33-20)28(2)14-17-11-12-19-22(23(25(30)31-3)34-24(19)26-17)27-21(29)15-32-18-8-5-4-6-9-18/h4-13,16H,14-15H2,1-3H3,(H,27,29). The van der Waals surface area contributed by atoms with Crippen LogP contribution in [-0.2, 0) is 16.1 Å². The number of pyridine rings is 1. The van der Waals surface area contributed by atoms with Crippen molar-refractivity contribution in [1.29, 1.82) is 0 Å². The number of rotatable bonds is 9. The van der Waals surface area contributed by atoms with Crippen molar-refractivity contribution in [2.45, 2.75) is 19.5 Å². The first-order chi connectivity index (χ1) is 16.5. The number of ether oxygens (including phenoxy) is 2. The Kier molecular flexibility index (Phi) is 7.56. The number of nitrogens with one attached hydrogen (secondary N) is 1. The van der Waals surface area contributed by atoms with Gasteiger partial charge in [-0.3, -0.25) is 9.69 Å². The van der Waals surface area contributed by atoms with Crippen molar-refractivity contribution in [1.82, 2.24) is 9.88 Å². The normalized spacial score (nSPS) is 12.0. The zero-order chi connectivity index (χ0) is 24.1. The smallest absolute Gasteiger partial charge is 0.350 e. The Morgan fingerprint density at radius 3 is 2.62 bits per heavy atom. The molecule has 0 aliphatic carbocycles. The Morgan fingerprint density at radius 2 is 1.91 bits per heavy atom. The molecule has 0 aliphatic heterocycles. The van der Waals surface area contributed by atoms with E-state index in [0.29, 0.717) is 33.1 Å². The molecule has 34 heavy (non-hydrogen) atoms. The number of aromatic nitrogens is 1. The van der Waals surface area contributed by atoms with Crippen molar-refractivity contribution >= 4 is 50.5 Å². The Hall–Kier alpha value is -3.27. The van der Waals surface area contributed by atoms with Gasteiger partial charge >= 0.3 is 5.97 Å². The molecule has 176 valence electrons. The van der Waals surface area contributed by atoms with Gasteiger partial charge in [-0.05, 0) is 49.7 Å². The van der Waals surface area contributed by atoms with E-state index in [9.17, 15) is 9.59 Å². The number of anilines is 1. The van der Waals surface area contributed by atoms with Gasteiger partial charge in [0.1, 0.15) is 15.5 Å². The number of carbonyl (C=O) groups excluding carboxylic acids is 2. The van der Waals surface area contributed by atoms with E-state index >= 15 is 0 Å². The summed E-state index contributed by atoms with van der Waals surface area (Å²) in [5.74, 6) is -0.303. The monoisotopic (exact) mass is 495 g/mol. The van der Waals surface area contributed by atoms with Gasteiger partial charge in [0.2, 0.25) is 0 Å². The van der Waals surface area contributed by atoms with Gasteiger partial charge in [-0.15, -0.1) is 22.7 Å². The molecule has 3 aromatic heterocycles. The van der Waals surface area contributed by atoms with Crippen LogP contribution in [0.1, 0.15) is 33.2 Å². The molecular weight excluding hydrogens is 470 g/mol. The number of hydrogen-bond donors (Lipinski definition) is 1. The van der Waals surface area contributed by atoms with Gasteiger partial charge in [0.05, 0.1) is 18.5 Å². The Morgan fingerprint density at radius 1 is 1.12 bits per heavy atom. The minimum atomic E-state index is -0.521. The van der Waals surface area contributed by atoms with Crippen LogP contribution in [0, 0.1) is 0 Å². The molecule has 1 unspecified atom stereocenters. The van der Waals surface area contributed by atoms with Crippen LogP contribution in [-0.4, -0.2) is 42.5 Å². The summed E-state index contributed by atoms with van der Waals surface area (Å²) >= 11 is 2.93. The number of para-hydroxylation sites is 1. The molecule has 0 saturated carbocycles. The van der Waals surface area contributed by atoms with Gasteiger partial charge in [-0.1, -0.05) is 24.3 Å². The molecule has 0 saturated heterocycles. The second-order valence-corrected chi connectivity index (χ2v) is 9.69. The molecule has 4 rings (SSSR count). The second kappa shape index (κ2) is 10.8. The highest BCUT2D eigenvalue weighted by Gasteiger charge is 2.22. The van der Waals surface area contributed by atoms with Crippen LogP contribution in [0.4, 0.5) is 5.69 Å². The number of hydrogen-bond acceptors (Lipinski definition) is 8. The largest absolute Gasteiger partial charge is 0.484 e. The van der Waals surface area contributed by atoms with E-state index in [2.05, 4.69) is 41.7 Å². The summed E-state index contributed by atoms with van der Waals surface area (Å²) in [7, 11) is 3.37. The van der Waals surface area contributed by atoms with E-state index in [4.69, 9.17) is 14.5 Å². The van der Waals surface area contributed by atoms with Crippen molar-refractivity contribution in [2.24, 2.45) is 0 Å². The fourth-order valence-corrected chi connectivity index (χ4v) is 5.36. The maximum atomic E-state index is 12.6. The third kappa shape index (κ3) is 5.44. The van der Waals surface area contributed by atoms with Crippen molar-refractivity contribution < 1.29 is 19.1 Å². The molecule has 4 aromatic rings. The van der Waals surface area contributed by atoms with Crippen molar-refractivity contribution in [2.75, 3.05) is 26.1 Å². The molecule has 1 aromatic carbocycles. The summed E-state index contributed by atoms with van der Waals surface area (Å²) in [6.45, 7) is 2.63. The zero-order valence-electron chi connectivity index (χ0n) is 19.1. The first kappa shape index (κ1) is 23.9. The van der Waals surface area contributed by atoms with Crippen LogP contribution in [0.5, 0.6) is 5.75 Å². The number of methoxy groups -OCH3 is 1. The summed E-state index contributed by atoms with van der Waals surface area (Å²) in [5, 5.41) is 5.58. The Labute approximate surface area is 206 Å². The molecule has 0 spiro atoms. The predicted octanol–water partition coefficient (Wildman–Crippen LogP) is 5.35. The van der Waals surface area contributed by atoms with Crippen LogP contribution in [0.2, 0.25) is 0 Å². The zero-order valence-corrected chi connectivity index (χ0v) is 20.7. The highest BCUT2D eigenvalue weighted by Crippen LogP contribution is 2.36. The van der Waals surface area contributed by atoms with Gasteiger partial charge < -0.3 is 14.8 Å². The molecule has 9 heteroatoms. The average Bonchev–Trinajstić information content (AvgIpc) is 3.51. The molecule has 7 nitrogen and oxygen atoms in total. The van der Waals surface area contributed by atoms with E-state index in [1.165, 1.54) is 23.3 Å². The minimum absolute atomic E-state index is 0.182. The van der Waals surface area contributed by atoms with Crippen LogP contribution >= 0.6 is 22.7 Å². The van der Waals surface area contributed by atoms with Gasteiger partial charge in [0.25, 0.3) is 5.91 Å². The van der Waals surface area contributed by atoms with E-state index < -0.39 is 5.97 Å². The molecule has 1 N–H and O–H groups in total. The molecule has 0 fully saturated rings. The number of fused-ring (bicyclic) bond motifs is 1. The second-order valence-electron chi connectivity index (χ2n) is 7.71. The highest BCUT2D eigenvalue weighted by molar-refractivity contribution is 7.21. The van der Waals surface area contributed by atoms with Gasteiger partial charge in [0.15, 0.2) is 6.61 Å². The third-order valence-corrected chi connectivity index (χ3v) is 7.51. The highest BCUT2D eigenvalue weighted by atomic mass is 32.1. The minimum Gasteiger partial charge on any atom is -0.484 e. The van der Waals surface area contributed by atoms with Crippen LogP contribution in [0.15, 0.2) is 60.0 Å². The lowest BCUT2D eigenvalue weighted by molar-refractivity contribution is -0.118. The lowest BCUT2D eigenvalue weighted by atomic mass is 10.2. The maximum Gasteiger partial charge on any atom is 0.350 e. The molecule has 0 aliphatic rings. The lowest BCUT2D eigenvalue weighted by Gasteiger charge is -2.23. The summed E-state index contributed by atoms with van der Waals surface area (Å²) in [6.07, 6.45) is 0.